The third kappa shape index (κ3) is 7.63. The second-order valence-electron chi connectivity index (χ2n) is 14.1. The molecule has 0 saturated heterocycles. The molecule has 2 aromatic carbocycles. The molecule has 0 amide bonds. The summed E-state index contributed by atoms with van der Waals surface area (Å²) in [6, 6.07) is 14.6. The number of hydrogen-bond donors (Lipinski definition) is 2. The Labute approximate surface area is 267 Å². The highest BCUT2D eigenvalue weighted by Gasteiger charge is 2.34. The smallest absolute Gasteiger partial charge is 0.248 e. The first kappa shape index (κ1) is 31.0. The molecule has 3 aromatic rings. The van der Waals surface area contributed by atoms with Crippen LogP contribution >= 0.6 is 0 Å². The molecule has 236 valence electrons. The van der Waals surface area contributed by atoms with E-state index in [1.165, 1.54) is 32.1 Å². The summed E-state index contributed by atoms with van der Waals surface area (Å²) in [5.74, 6) is 4.67. The van der Waals surface area contributed by atoms with Gasteiger partial charge in [-0.1, -0.05) is 64.0 Å². The van der Waals surface area contributed by atoms with Gasteiger partial charge in [-0.3, -0.25) is 10.8 Å². The number of nitrogens with one attached hydrogen (secondary N) is 2. The quantitative estimate of drug-likeness (QED) is 0.0979. The molecule has 1 saturated carbocycles. The van der Waals surface area contributed by atoms with E-state index in [1.54, 1.807) is 24.3 Å². The summed E-state index contributed by atoms with van der Waals surface area (Å²) in [5, 5.41) is 25.7. The number of hydrogen-bond acceptors (Lipinski definition) is 7. The summed E-state index contributed by atoms with van der Waals surface area (Å²) < 4.78 is 17.7. The van der Waals surface area contributed by atoms with Gasteiger partial charge in [0.25, 0.3) is 0 Å². The average Bonchev–Trinajstić information content (AvgIpc) is 3.81. The molecule has 45 heavy (non-hydrogen) atoms. The predicted octanol–water partition coefficient (Wildman–Crippen LogP) is 9.49. The van der Waals surface area contributed by atoms with Crippen molar-refractivity contribution in [3.05, 3.63) is 83.8 Å². The molecule has 1 heterocycles. The SMILES string of the molecule is CC(C)(C)C1CC=C(c2nnc(-c3cccc(C(=N)OC(=N)c4cccc(OCCCCCC5CC6C=CC5C6)c4)c3)o2)CC1. The second-order valence-corrected chi connectivity index (χ2v) is 14.1. The lowest BCUT2D eigenvalue weighted by Crippen LogP contribution is -2.22. The molecular weight excluding hydrogens is 560 g/mol. The number of nitrogens with zero attached hydrogens (tertiary/aromatic N) is 2. The highest BCUT2D eigenvalue weighted by atomic mass is 16.5. The van der Waals surface area contributed by atoms with Crippen LogP contribution < -0.4 is 4.74 Å². The maximum absolute atomic E-state index is 8.55. The summed E-state index contributed by atoms with van der Waals surface area (Å²) in [7, 11) is 0. The first-order chi connectivity index (χ1) is 21.7. The minimum atomic E-state index is -0.123. The lowest BCUT2D eigenvalue weighted by molar-refractivity contribution is 0.224. The molecule has 0 aliphatic heterocycles. The van der Waals surface area contributed by atoms with Gasteiger partial charge in [0.1, 0.15) is 5.75 Å². The second kappa shape index (κ2) is 13.6. The van der Waals surface area contributed by atoms with E-state index in [0.29, 0.717) is 46.7 Å². The molecule has 6 rings (SSSR count). The van der Waals surface area contributed by atoms with Gasteiger partial charge in [-0.25, -0.2) is 0 Å². The molecule has 4 unspecified atom stereocenters. The fourth-order valence-electron chi connectivity index (χ4n) is 7.13. The summed E-state index contributed by atoms with van der Waals surface area (Å²) in [4.78, 5) is 0. The molecule has 3 aliphatic rings. The van der Waals surface area contributed by atoms with Gasteiger partial charge in [-0.05, 0) is 110 Å². The number of fused-ring (bicyclic) bond motifs is 2. The molecule has 2 bridgehead atoms. The number of ether oxygens (including phenoxy) is 2. The van der Waals surface area contributed by atoms with Crippen LogP contribution in [0.3, 0.4) is 0 Å². The van der Waals surface area contributed by atoms with Gasteiger partial charge in [0.15, 0.2) is 0 Å². The number of unbranched alkanes of at least 4 members (excludes halogenated alkanes) is 2. The number of allylic oxidation sites excluding steroid dienone is 4. The summed E-state index contributed by atoms with van der Waals surface area (Å²) in [6.07, 6.45) is 17.7. The Balaban J connectivity index is 0.983. The van der Waals surface area contributed by atoms with E-state index in [4.69, 9.17) is 24.7 Å². The lowest BCUT2D eigenvalue weighted by Gasteiger charge is -2.32. The minimum absolute atomic E-state index is 0.103. The van der Waals surface area contributed by atoms with Crippen LogP contribution in [-0.2, 0) is 4.74 Å². The van der Waals surface area contributed by atoms with Crippen molar-refractivity contribution < 1.29 is 13.9 Å². The van der Waals surface area contributed by atoms with Crippen molar-refractivity contribution in [2.75, 3.05) is 6.61 Å². The van der Waals surface area contributed by atoms with Crippen molar-refractivity contribution in [1.29, 1.82) is 10.8 Å². The van der Waals surface area contributed by atoms with Crippen molar-refractivity contribution in [3.63, 3.8) is 0 Å². The third-order valence-electron chi connectivity index (χ3n) is 9.91. The van der Waals surface area contributed by atoms with Gasteiger partial charge >= 0.3 is 0 Å². The van der Waals surface area contributed by atoms with Crippen LogP contribution in [0.2, 0.25) is 0 Å². The van der Waals surface area contributed by atoms with Crippen LogP contribution in [0.5, 0.6) is 5.75 Å². The maximum atomic E-state index is 8.55. The maximum Gasteiger partial charge on any atom is 0.248 e. The Morgan fingerprint density at radius 2 is 1.69 bits per heavy atom. The fourth-order valence-corrected chi connectivity index (χ4v) is 7.13. The molecule has 1 fully saturated rings. The zero-order chi connectivity index (χ0) is 31.4. The molecule has 0 spiro atoms. The first-order valence-corrected chi connectivity index (χ1v) is 16.6. The van der Waals surface area contributed by atoms with Crippen LogP contribution in [0.25, 0.3) is 17.0 Å². The Hall–Kier alpha value is -4.00. The minimum Gasteiger partial charge on any atom is -0.494 e. The van der Waals surface area contributed by atoms with Crippen molar-refractivity contribution in [3.8, 4) is 17.2 Å². The van der Waals surface area contributed by atoms with Crippen LogP contribution in [0.4, 0.5) is 0 Å². The van der Waals surface area contributed by atoms with Gasteiger partial charge in [0, 0.05) is 22.3 Å². The Morgan fingerprint density at radius 3 is 2.40 bits per heavy atom. The van der Waals surface area contributed by atoms with Gasteiger partial charge in [0.2, 0.25) is 23.6 Å². The zero-order valence-corrected chi connectivity index (χ0v) is 26.9. The van der Waals surface area contributed by atoms with Crippen molar-refractivity contribution in [1.82, 2.24) is 10.2 Å². The van der Waals surface area contributed by atoms with E-state index in [2.05, 4.69) is 49.2 Å². The molecule has 2 N–H and O–H groups in total. The lowest BCUT2D eigenvalue weighted by atomic mass is 9.73. The van der Waals surface area contributed by atoms with Crippen LogP contribution in [0.1, 0.15) is 95.6 Å². The van der Waals surface area contributed by atoms with Gasteiger partial charge in [0.05, 0.1) is 6.61 Å². The van der Waals surface area contributed by atoms with Crippen LogP contribution in [0.15, 0.2) is 71.2 Å². The molecule has 3 aliphatic carbocycles. The van der Waals surface area contributed by atoms with E-state index in [1.807, 2.05) is 24.3 Å². The molecule has 0 radical (unpaired) electrons. The average molecular weight is 607 g/mol. The standard InChI is InChI=1S/C38H46N4O3/c1-38(2,3)32-18-16-26(17-19-32)36-41-42-37(45-36)31-12-7-10-29(23-31)34(39)44-35(40)30-11-8-13-33(24-30)43-20-6-4-5-9-27-21-25-14-15-28(27)22-25/h7-8,10-16,23-25,27-28,32,39-40H,4-6,9,17-22H2,1-3H3. The topological polar surface area (TPSA) is 105 Å². The normalized spacial score (nSPS) is 22.3. The van der Waals surface area contributed by atoms with E-state index in [0.717, 1.165) is 49.0 Å². The van der Waals surface area contributed by atoms with Crippen LogP contribution in [-0.4, -0.2) is 28.6 Å². The van der Waals surface area contributed by atoms with E-state index < -0.39 is 0 Å². The van der Waals surface area contributed by atoms with E-state index in [9.17, 15) is 0 Å². The number of aromatic nitrogens is 2. The molecule has 1 aromatic heterocycles. The zero-order valence-electron chi connectivity index (χ0n) is 26.9. The number of rotatable bonds is 11. The third-order valence-corrected chi connectivity index (χ3v) is 9.91. The van der Waals surface area contributed by atoms with Crippen molar-refractivity contribution in [2.24, 2.45) is 29.1 Å². The highest BCUT2D eigenvalue weighted by Crippen LogP contribution is 2.45. The Kier molecular flexibility index (Phi) is 9.34. The molecule has 7 nitrogen and oxygen atoms in total. The Morgan fingerprint density at radius 1 is 0.911 bits per heavy atom. The largest absolute Gasteiger partial charge is 0.494 e. The predicted molar refractivity (Wildman–Crippen MR) is 178 cm³/mol. The van der Waals surface area contributed by atoms with Gasteiger partial charge in [-0.15, -0.1) is 10.2 Å². The van der Waals surface area contributed by atoms with E-state index >= 15 is 0 Å². The summed E-state index contributed by atoms with van der Waals surface area (Å²) in [6.45, 7) is 7.54. The van der Waals surface area contributed by atoms with Crippen molar-refractivity contribution >= 4 is 17.4 Å². The van der Waals surface area contributed by atoms with Crippen LogP contribution in [0, 0.1) is 39.9 Å². The van der Waals surface area contributed by atoms with Crippen molar-refractivity contribution in [2.45, 2.75) is 78.6 Å². The highest BCUT2D eigenvalue weighted by molar-refractivity contribution is 6.05. The summed E-state index contributed by atoms with van der Waals surface area (Å²) >= 11 is 0. The Bertz CT molecular complexity index is 1580. The van der Waals surface area contributed by atoms with Gasteiger partial charge < -0.3 is 13.9 Å². The fraction of sp³-hybridized carbons (Fsp3) is 0.474. The van der Waals surface area contributed by atoms with E-state index in [-0.39, 0.29) is 17.2 Å². The molecule has 4 atom stereocenters. The van der Waals surface area contributed by atoms with Gasteiger partial charge in [-0.2, -0.15) is 0 Å². The monoisotopic (exact) mass is 606 g/mol. The molecule has 7 heteroatoms. The number of benzene rings is 2. The molecular formula is C38H46N4O3. The first-order valence-electron chi connectivity index (χ1n) is 16.6. The summed E-state index contributed by atoms with van der Waals surface area (Å²) in [5.41, 5.74) is 3.18.